The molecule has 2 heteroatoms. The van der Waals surface area contributed by atoms with Crippen LogP contribution in [0.3, 0.4) is 0 Å². The number of ether oxygens (including phenoxy) is 1. The third kappa shape index (κ3) is 5.61. The van der Waals surface area contributed by atoms with Gasteiger partial charge in [0.2, 0.25) is 0 Å². The number of hydrogen-bond donors (Lipinski definition) is 0. The van der Waals surface area contributed by atoms with Crippen LogP contribution in [-0.4, -0.2) is 6.10 Å². The fourth-order valence-corrected chi connectivity index (χ4v) is 7.66. The minimum atomic E-state index is 0.186. The molecule has 1 nitrogen and oxygen atoms in total. The van der Waals surface area contributed by atoms with Gasteiger partial charge >= 0.3 is 0 Å². The summed E-state index contributed by atoms with van der Waals surface area (Å²) in [4.78, 5) is 0. The fraction of sp³-hybridized carbons (Fsp3) is 0.297. The Hall–Kier alpha value is -3.15. The molecule has 0 aromatic heterocycles. The molecular weight excluding hydrogens is 491 g/mol. The first kappa shape index (κ1) is 26.1. The molecule has 0 spiro atoms. The van der Waals surface area contributed by atoms with Crippen molar-refractivity contribution in [1.82, 2.24) is 0 Å². The molecule has 0 saturated heterocycles. The third-order valence-corrected chi connectivity index (χ3v) is 9.82. The summed E-state index contributed by atoms with van der Waals surface area (Å²) in [6.07, 6.45) is 15.3. The Morgan fingerprint density at radius 1 is 0.821 bits per heavy atom. The Morgan fingerprint density at radius 2 is 1.59 bits per heavy atom. The van der Waals surface area contributed by atoms with Crippen molar-refractivity contribution in [3.05, 3.63) is 132 Å². The van der Waals surface area contributed by atoms with Crippen LogP contribution in [0.2, 0.25) is 0 Å². The van der Waals surface area contributed by atoms with Crippen molar-refractivity contribution >= 4 is 30.5 Å². The van der Waals surface area contributed by atoms with Crippen LogP contribution >= 0.6 is 8.58 Å². The smallest absolute Gasteiger partial charge is 0.124 e. The summed E-state index contributed by atoms with van der Waals surface area (Å²) >= 11 is 0. The number of allylic oxidation sites excluding steroid dienone is 6. The van der Waals surface area contributed by atoms with Gasteiger partial charge in [-0.15, -0.1) is 0 Å². The van der Waals surface area contributed by atoms with E-state index in [2.05, 4.69) is 130 Å². The van der Waals surface area contributed by atoms with Gasteiger partial charge in [-0.3, -0.25) is 0 Å². The van der Waals surface area contributed by atoms with Crippen molar-refractivity contribution < 1.29 is 4.74 Å². The monoisotopic (exact) mass is 530 g/mol. The molecule has 0 N–H and O–H groups in total. The predicted octanol–water partition coefficient (Wildman–Crippen LogP) is 8.69. The summed E-state index contributed by atoms with van der Waals surface area (Å²) in [5.74, 6) is 3.17. The molecule has 1 saturated carbocycles. The van der Waals surface area contributed by atoms with Gasteiger partial charge in [0, 0.05) is 11.5 Å². The van der Waals surface area contributed by atoms with Crippen molar-refractivity contribution in [2.45, 2.75) is 46.1 Å². The van der Waals surface area contributed by atoms with Gasteiger partial charge < -0.3 is 4.74 Å². The van der Waals surface area contributed by atoms with Crippen LogP contribution in [0.1, 0.15) is 56.7 Å². The van der Waals surface area contributed by atoms with Crippen molar-refractivity contribution in [2.75, 3.05) is 0 Å². The lowest BCUT2D eigenvalue weighted by Crippen LogP contribution is -2.34. The first-order valence-electron chi connectivity index (χ1n) is 14.6. The van der Waals surface area contributed by atoms with Gasteiger partial charge in [-0.2, -0.15) is 0 Å². The largest absolute Gasteiger partial charge is 0.490 e. The SMILES string of the molecule is CC1CCC(C(C)C)C(OC2=CC3C=CC=CC3=C(c3cccc(Pc4ccccc4)c3)c3ccccc32)C1. The third-order valence-electron chi connectivity index (χ3n) is 8.60. The highest BCUT2D eigenvalue weighted by atomic mass is 31.1. The molecule has 3 aromatic carbocycles. The zero-order valence-electron chi connectivity index (χ0n) is 23.3. The summed E-state index contributed by atoms with van der Waals surface area (Å²) in [6.45, 7) is 7.11. The van der Waals surface area contributed by atoms with E-state index in [1.165, 1.54) is 51.3 Å². The van der Waals surface area contributed by atoms with Crippen LogP contribution in [0.4, 0.5) is 0 Å². The zero-order valence-corrected chi connectivity index (χ0v) is 24.3. The molecule has 5 unspecified atom stereocenters. The molecule has 6 rings (SSSR count). The quantitative estimate of drug-likeness (QED) is 0.290. The zero-order chi connectivity index (χ0) is 26.8. The van der Waals surface area contributed by atoms with Gasteiger partial charge in [0.1, 0.15) is 11.9 Å². The topological polar surface area (TPSA) is 9.23 Å². The standard InChI is InChI=1S/C37H39OP/c1-25(2)31-21-20-26(3)22-35(31)38-36-24-27-12-7-8-17-32(27)37(34-19-10-9-18-33(34)36)28-13-11-16-30(23-28)39-29-14-5-4-6-15-29/h4-19,23-27,31,35,39H,20-22H2,1-3H3. The van der Waals surface area contributed by atoms with E-state index in [9.17, 15) is 0 Å². The normalized spacial score (nSPS) is 24.5. The van der Waals surface area contributed by atoms with Crippen LogP contribution in [0.5, 0.6) is 0 Å². The highest BCUT2D eigenvalue weighted by Crippen LogP contribution is 2.44. The van der Waals surface area contributed by atoms with Crippen molar-refractivity contribution in [1.29, 1.82) is 0 Å². The van der Waals surface area contributed by atoms with Crippen LogP contribution in [0.15, 0.2) is 115 Å². The van der Waals surface area contributed by atoms with Crippen molar-refractivity contribution in [3.63, 3.8) is 0 Å². The van der Waals surface area contributed by atoms with E-state index in [1.54, 1.807) is 0 Å². The van der Waals surface area contributed by atoms with E-state index in [1.807, 2.05) is 0 Å². The molecule has 1 fully saturated rings. The summed E-state index contributed by atoms with van der Waals surface area (Å²) < 4.78 is 7.10. The first-order chi connectivity index (χ1) is 19.1. The molecule has 0 bridgehead atoms. The predicted molar refractivity (Wildman–Crippen MR) is 169 cm³/mol. The van der Waals surface area contributed by atoms with Crippen LogP contribution in [-0.2, 0) is 4.74 Å². The van der Waals surface area contributed by atoms with E-state index in [0.29, 0.717) is 26.3 Å². The van der Waals surface area contributed by atoms with Gasteiger partial charge in [-0.25, -0.2) is 0 Å². The van der Waals surface area contributed by atoms with Gasteiger partial charge in [0.15, 0.2) is 0 Å². The lowest BCUT2D eigenvalue weighted by Gasteiger charge is -2.38. The number of benzene rings is 3. The highest BCUT2D eigenvalue weighted by Gasteiger charge is 2.34. The van der Waals surface area contributed by atoms with E-state index in [4.69, 9.17) is 4.74 Å². The minimum Gasteiger partial charge on any atom is -0.490 e. The molecule has 3 aromatic rings. The second kappa shape index (κ2) is 11.5. The molecule has 0 radical (unpaired) electrons. The molecule has 39 heavy (non-hydrogen) atoms. The van der Waals surface area contributed by atoms with Crippen LogP contribution < -0.4 is 10.6 Å². The fourth-order valence-electron chi connectivity index (χ4n) is 6.56. The Morgan fingerprint density at radius 3 is 2.41 bits per heavy atom. The molecule has 198 valence electrons. The second-order valence-corrected chi connectivity index (χ2v) is 13.1. The van der Waals surface area contributed by atoms with Gasteiger partial charge in [0.05, 0.1) is 0 Å². The van der Waals surface area contributed by atoms with Crippen molar-refractivity contribution in [3.8, 4) is 0 Å². The summed E-state index contributed by atoms with van der Waals surface area (Å²) in [6, 6.07) is 28.9. The maximum absolute atomic E-state index is 7.10. The Labute approximate surface area is 236 Å². The molecule has 3 aliphatic carbocycles. The summed E-state index contributed by atoms with van der Waals surface area (Å²) in [5, 5.41) is 2.73. The Kier molecular flexibility index (Phi) is 7.71. The van der Waals surface area contributed by atoms with Gasteiger partial charge in [-0.1, -0.05) is 133 Å². The van der Waals surface area contributed by atoms with Crippen LogP contribution in [0, 0.1) is 23.7 Å². The Bertz CT molecular complexity index is 1440. The Balaban J connectivity index is 1.42. The molecular formula is C37H39OP. The maximum atomic E-state index is 7.10. The van der Waals surface area contributed by atoms with Gasteiger partial charge in [0.25, 0.3) is 0 Å². The van der Waals surface area contributed by atoms with E-state index in [0.717, 1.165) is 12.2 Å². The van der Waals surface area contributed by atoms with E-state index in [-0.39, 0.29) is 12.0 Å². The summed E-state index contributed by atoms with van der Waals surface area (Å²) in [7, 11) is 0.637. The highest BCUT2D eigenvalue weighted by molar-refractivity contribution is 7.55. The molecule has 0 aliphatic heterocycles. The lowest BCUT2D eigenvalue weighted by molar-refractivity contribution is 0.0256. The van der Waals surface area contributed by atoms with Gasteiger partial charge in [-0.05, 0) is 75.6 Å². The number of rotatable bonds is 6. The van der Waals surface area contributed by atoms with Crippen molar-refractivity contribution in [2.24, 2.45) is 23.7 Å². The first-order valence-corrected chi connectivity index (χ1v) is 15.6. The average molecular weight is 531 g/mol. The van der Waals surface area contributed by atoms with Crippen LogP contribution in [0.25, 0.3) is 11.3 Å². The maximum Gasteiger partial charge on any atom is 0.124 e. The lowest BCUT2D eigenvalue weighted by atomic mass is 9.75. The van der Waals surface area contributed by atoms with E-state index >= 15 is 0 Å². The average Bonchev–Trinajstić information content (AvgIpc) is 3.08. The molecule has 5 atom stereocenters. The second-order valence-electron chi connectivity index (χ2n) is 11.7. The molecule has 0 heterocycles. The molecule has 3 aliphatic rings. The van der Waals surface area contributed by atoms with E-state index < -0.39 is 0 Å². The number of fused-ring (bicyclic) bond motifs is 2. The molecule has 0 amide bonds. The summed E-state index contributed by atoms with van der Waals surface area (Å²) in [5.41, 5.74) is 6.44. The number of hydrogen-bond acceptors (Lipinski definition) is 1. The minimum absolute atomic E-state index is 0.186.